The molecular formula is C17H26IN3O. The normalized spacial score (nSPS) is 26.6. The third-order valence-corrected chi connectivity index (χ3v) is 4.89. The maximum Gasteiger partial charge on any atom is 0.191 e. The van der Waals surface area contributed by atoms with E-state index < -0.39 is 0 Å². The molecule has 2 saturated carbocycles. The molecule has 0 spiro atoms. The minimum atomic E-state index is 0. The predicted molar refractivity (Wildman–Crippen MR) is 101 cm³/mol. The lowest BCUT2D eigenvalue weighted by atomic mass is 9.64. The summed E-state index contributed by atoms with van der Waals surface area (Å²) in [7, 11) is 2.04. The van der Waals surface area contributed by atoms with Gasteiger partial charge in [-0.2, -0.15) is 0 Å². The van der Waals surface area contributed by atoms with Gasteiger partial charge in [-0.1, -0.05) is 32.0 Å². The second-order valence-corrected chi connectivity index (χ2v) is 6.82. The summed E-state index contributed by atoms with van der Waals surface area (Å²) in [5.41, 5.74) is 6.14. The highest BCUT2D eigenvalue weighted by atomic mass is 127. The number of hydrogen-bond donors (Lipinski definition) is 1. The first-order valence-electron chi connectivity index (χ1n) is 7.76. The minimum absolute atomic E-state index is 0. The zero-order valence-electron chi connectivity index (χ0n) is 13.5. The Bertz CT molecular complexity index is 528. The smallest absolute Gasteiger partial charge is 0.191 e. The molecule has 0 heterocycles. The van der Waals surface area contributed by atoms with E-state index in [-0.39, 0.29) is 41.5 Å². The summed E-state index contributed by atoms with van der Waals surface area (Å²) >= 11 is 0. The Hall–Kier alpha value is -0.980. The van der Waals surface area contributed by atoms with E-state index in [9.17, 15) is 0 Å². The van der Waals surface area contributed by atoms with Crippen molar-refractivity contribution in [2.45, 2.75) is 51.3 Å². The van der Waals surface area contributed by atoms with Gasteiger partial charge in [0, 0.05) is 24.9 Å². The van der Waals surface area contributed by atoms with E-state index >= 15 is 0 Å². The second kappa shape index (κ2) is 6.64. The minimum Gasteiger partial charge on any atom is -0.490 e. The molecule has 2 atom stereocenters. The van der Waals surface area contributed by atoms with Crippen molar-refractivity contribution >= 4 is 29.9 Å². The van der Waals surface area contributed by atoms with Crippen molar-refractivity contribution in [2.75, 3.05) is 7.05 Å². The molecule has 0 amide bonds. The number of guanidine groups is 1. The highest BCUT2D eigenvalue weighted by Gasteiger charge is 2.50. The van der Waals surface area contributed by atoms with Crippen LogP contribution in [0.4, 0.5) is 0 Å². The molecule has 2 aliphatic carbocycles. The van der Waals surface area contributed by atoms with Crippen molar-refractivity contribution in [3.8, 4) is 5.75 Å². The zero-order chi connectivity index (χ0) is 15.0. The van der Waals surface area contributed by atoms with E-state index in [1.165, 1.54) is 12.8 Å². The molecule has 4 nitrogen and oxygen atoms in total. The lowest BCUT2D eigenvalue weighted by Gasteiger charge is -2.49. The molecule has 5 heteroatoms. The molecule has 3 rings (SSSR count). The molecule has 0 saturated heterocycles. The highest BCUT2D eigenvalue weighted by molar-refractivity contribution is 14.0. The molecule has 0 aliphatic heterocycles. The lowest BCUT2D eigenvalue weighted by molar-refractivity contribution is -0.0393. The molecule has 2 N–H and O–H groups in total. The van der Waals surface area contributed by atoms with Crippen LogP contribution in [-0.2, 0) is 0 Å². The molecule has 2 aliphatic rings. The fraction of sp³-hybridized carbons (Fsp3) is 0.588. The first-order chi connectivity index (χ1) is 9.98. The largest absolute Gasteiger partial charge is 0.490 e. The second-order valence-electron chi connectivity index (χ2n) is 6.82. The van der Waals surface area contributed by atoms with Gasteiger partial charge in [-0.25, -0.2) is 4.99 Å². The summed E-state index contributed by atoms with van der Waals surface area (Å²) in [6.07, 6.45) is 3.61. The Kier molecular flexibility index (Phi) is 5.25. The molecule has 1 aromatic carbocycles. The molecule has 0 bridgehead atoms. The van der Waals surface area contributed by atoms with Crippen LogP contribution in [0.1, 0.15) is 33.1 Å². The number of aliphatic imine (C=N–C) groups is 1. The van der Waals surface area contributed by atoms with Crippen molar-refractivity contribution in [1.29, 1.82) is 0 Å². The van der Waals surface area contributed by atoms with Crippen LogP contribution in [0, 0.1) is 5.41 Å². The van der Waals surface area contributed by atoms with Crippen molar-refractivity contribution in [2.24, 2.45) is 16.1 Å². The van der Waals surface area contributed by atoms with Crippen LogP contribution < -0.4 is 10.5 Å². The Morgan fingerprint density at radius 3 is 2.45 bits per heavy atom. The summed E-state index contributed by atoms with van der Waals surface area (Å²) in [5, 5.41) is 0. The third-order valence-electron chi connectivity index (χ3n) is 4.89. The van der Waals surface area contributed by atoms with Crippen LogP contribution in [-0.4, -0.2) is 36.1 Å². The van der Waals surface area contributed by atoms with Crippen LogP contribution in [0.3, 0.4) is 0 Å². The number of nitrogens with two attached hydrogens (primary N) is 1. The number of para-hydroxylation sites is 1. The lowest BCUT2D eigenvalue weighted by Crippen LogP contribution is -2.56. The van der Waals surface area contributed by atoms with Gasteiger partial charge >= 0.3 is 0 Å². The predicted octanol–water partition coefficient (Wildman–Crippen LogP) is 3.26. The van der Waals surface area contributed by atoms with E-state index in [4.69, 9.17) is 15.5 Å². The molecule has 1 aromatic rings. The highest BCUT2D eigenvalue weighted by Crippen LogP contribution is 2.45. The van der Waals surface area contributed by atoms with Gasteiger partial charge in [0.2, 0.25) is 0 Å². The molecule has 122 valence electrons. The Morgan fingerprint density at radius 1 is 1.27 bits per heavy atom. The first-order valence-corrected chi connectivity index (χ1v) is 7.76. The Labute approximate surface area is 150 Å². The molecule has 0 aromatic heterocycles. The van der Waals surface area contributed by atoms with E-state index in [0.717, 1.165) is 12.2 Å². The molecule has 0 radical (unpaired) electrons. The standard InChI is InChI=1S/C17H25N3O.HI/c1-17(2)14(19-16(18)20(3)12-9-10-12)11-15(17)21-13-7-5-4-6-8-13;/h4-8,12,14-15H,9-11H2,1-3H3,(H2,18,19);1H/t14-,15+;/m0./s1. The Morgan fingerprint density at radius 2 is 1.91 bits per heavy atom. The molecule has 22 heavy (non-hydrogen) atoms. The van der Waals surface area contributed by atoms with Crippen LogP contribution >= 0.6 is 24.0 Å². The summed E-state index contributed by atoms with van der Waals surface area (Å²) < 4.78 is 6.07. The fourth-order valence-electron chi connectivity index (χ4n) is 2.85. The topological polar surface area (TPSA) is 50.8 Å². The summed E-state index contributed by atoms with van der Waals surface area (Å²) in [5.74, 6) is 1.61. The van der Waals surface area contributed by atoms with Crippen molar-refractivity contribution < 1.29 is 4.74 Å². The number of benzene rings is 1. The monoisotopic (exact) mass is 415 g/mol. The summed E-state index contributed by atoms with van der Waals surface area (Å²) in [6, 6.07) is 10.9. The number of rotatable bonds is 4. The third kappa shape index (κ3) is 3.50. The summed E-state index contributed by atoms with van der Waals surface area (Å²) in [6.45, 7) is 4.42. The van der Waals surface area contributed by atoms with Gasteiger partial charge in [0.15, 0.2) is 5.96 Å². The summed E-state index contributed by atoms with van der Waals surface area (Å²) in [4.78, 5) is 6.84. The van der Waals surface area contributed by atoms with E-state index in [0.29, 0.717) is 12.0 Å². The van der Waals surface area contributed by atoms with E-state index in [1.54, 1.807) is 0 Å². The van der Waals surface area contributed by atoms with Gasteiger partial charge in [0.1, 0.15) is 11.9 Å². The van der Waals surface area contributed by atoms with Crippen LogP contribution in [0.5, 0.6) is 5.75 Å². The van der Waals surface area contributed by atoms with Crippen LogP contribution in [0.25, 0.3) is 0 Å². The van der Waals surface area contributed by atoms with E-state index in [1.807, 2.05) is 37.4 Å². The average molecular weight is 415 g/mol. The van der Waals surface area contributed by atoms with Crippen molar-refractivity contribution in [1.82, 2.24) is 4.90 Å². The SMILES string of the molecule is CN(C(N)=N[C@H]1C[C@@H](Oc2ccccc2)C1(C)C)C1CC1.I. The number of hydrogen-bond acceptors (Lipinski definition) is 2. The quantitative estimate of drug-likeness (QED) is 0.467. The van der Waals surface area contributed by atoms with Crippen LogP contribution in [0.15, 0.2) is 35.3 Å². The number of ether oxygens (including phenoxy) is 1. The first kappa shape index (κ1) is 17.4. The van der Waals surface area contributed by atoms with Crippen molar-refractivity contribution in [3.05, 3.63) is 30.3 Å². The maximum absolute atomic E-state index is 6.12. The van der Waals surface area contributed by atoms with Gasteiger partial charge in [0.05, 0.1) is 6.04 Å². The van der Waals surface area contributed by atoms with Gasteiger partial charge in [-0.15, -0.1) is 24.0 Å². The van der Waals surface area contributed by atoms with Crippen LogP contribution in [0.2, 0.25) is 0 Å². The Balaban J connectivity index is 0.00000176. The molecule has 2 fully saturated rings. The van der Waals surface area contributed by atoms with Gasteiger partial charge in [-0.3, -0.25) is 0 Å². The number of halogens is 1. The number of nitrogens with zero attached hydrogens (tertiary/aromatic N) is 2. The zero-order valence-corrected chi connectivity index (χ0v) is 15.9. The average Bonchev–Trinajstić information content (AvgIpc) is 3.31. The maximum atomic E-state index is 6.12. The van der Waals surface area contributed by atoms with Gasteiger partial charge in [0.25, 0.3) is 0 Å². The van der Waals surface area contributed by atoms with E-state index in [2.05, 4.69) is 18.7 Å². The van der Waals surface area contributed by atoms with Crippen molar-refractivity contribution in [3.63, 3.8) is 0 Å². The van der Waals surface area contributed by atoms with Gasteiger partial charge in [-0.05, 0) is 25.0 Å². The molecule has 0 unspecified atom stereocenters. The fourth-order valence-corrected chi connectivity index (χ4v) is 2.85. The molecular weight excluding hydrogens is 389 g/mol. The van der Waals surface area contributed by atoms with Gasteiger partial charge < -0.3 is 15.4 Å².